The molecule has 1 fully saturated rings. The zero-order chi connectivity index (χ0) is 17.4. The minimum atomic E-state index is 0.510. The first-order valence-electron chi connectivity index (χ1n) is 8.97. The van der Waals surface area contributed by atoms with Gasteiger partial charge < -0.3 is 15.4 Å². The highest BCUT2D eigenvalue weighted by Gasteiger charge is 2.22. The third kappa shape index (κ3) is 5.41. The lowest BCUT2D eigenvalue weighted by molar-refractivity contribution is 0.115. The van der Waals surface area contributed by atoms with E-state index in [1.54, 1.807) is 7.11 Å². The summed E-state index contributed by atoms with van der Waals surface area (Å²) in [6.07, 6.45) is 3.99. The molecule has 0 radical (unpaired) electrons. The largest absolute Gasteiger partial charge is 0.497 e. The zero-order valence-electron chi connectivity index (χ0n) is 15.5. The van der Waals surface area contributed by atoms with Crippen LogP contribution in [0, 0.1) is 0 Å². The van der Waals surface area contributed by atoms with Gasteiger partial charge in [-0.05, 0) is 50.9 Å². The van der Waals surface area contributed by atoms with Crippen molar-refractivity contribution in [1.29, 1.82) is 0 Å². The summed E-state index contributed by atoms with van der Waals surface area (Å²) in [4.78, 5) is 6.93. The Morgan fingerprint density at radius 2 is 2.21 bits per heavy atom. The lowest BCUT2D eigenvalue weighted by atomic mass is 10.0. The van der Waals surface area contributed by atoms with Gasteiger partial charge >= 0.3 is 0 Å². The number of likely N-dealkylation sites (tertiary alicyclic amines) is 1. The van der Waals surface area contributed by atoms with Crippen LogP contribution in [0.15, 0.2) is 29.3 Å². The molecule has 1 aliphatic heterocycles. The highest BCUT2D eigenvalue weighted by atomic mass is 16.5. The van der Waals surface area contributed by atoms with Gasteiger partial charge in [-0.1, -0.05) is 18.6 Å². The fourth-order valence-corrected chi connectivity index (χ4v) is 3.33. The Balaban J connectivity index is 1.79. The van der Waals surface area contributed by atoms with Gasteiger partial charge in [0, 0.05) is 32.2 Å². The molecule has 5 nitrogen and oxygen atoms in total. The van der Waals surface area contributed by atoms with Crippen molar-refractivity contribution in [2.24, 2.45) is 4.99 Å². The number of guanidine groups is 1. The van der Waals surface area contributed by atoms with Gasteiger partial charge in [-0.25, -0.2) is 0 Å². The molecule has 1 aromatic rings. The van der Waals surface area contributed by atoms with Crippen molar-refractivity contribution in [1.82, 2.24) is 15.5 Å². The van der Waals surface area contributed by atoms with Crippen LogP contribution < -0.4 is 15.4 Å². The number of nitrogens with zero attached hydrogens (tertiary/aromatic N) is 2. The van der Waals surface area contributed by atoms with Crippen molar-refractivity contribution in [3.8, 4) is 5.75 Å². The van der Waals surface area contributed by atoms with Gasteiger partial charge in [0.2, 0.25) is 0 Å². The van der Waals surface area contributed by atoms with E-state index >= 15 is 0 Å². The second-order valence-corrected chi connectivity index (χ2v) is 6.59. The van der Waals surface area contributed by atoms with E-state index in [-0.39, 0.29) is 0 Å². The Labute approximate surface area is 146 Å². The molecule has 2 rings (SSSR count). The van der Waals surface area contributed by atoms with Crippen LogP contribution in [-0.4, -0.2) is 50.2 Å². The molecule has 0 spiro atoms. The van der Waals surface area contributed by atoms with Crippen LogP contribution in [0.5, 0.6) is 5.75 Å². The molecule has 2 atom stereocenters. The molecule has 0 bridgehead atoms. The molecule has 1 aromatic carbocycles. The van der Waals surface area contributed by atoms with Crippen molar-refractivity contribution in [3.05, 3.63) is 29.8 Å². The molecule has 1 heterocycles. The van der Waals surface area contributed by atoms with Crippen molar-refractivity contribution in [2.75, 3.05) is 27.2 Å². The molecule has 1 aliphatic rings. The van der Waals surface area contributed by atoms with Crippen LogP contribution in [0.1, 0.15) is 38.7 Å². The Hall–Kier alpha value is -1.75. The van der Waals surface area contributed by atoms with Crippen LogP contribution in [0.25, 0.3) is 0 Å². The third-order valence-corrected chi connectivity index (χ3v) is 4.80. The SMILES string of the molecule is CN=C(NCc1cccc(OC)c1)NCC(C)N1CCCCC1C. The smallest absolute Gasteiger partial charge is 0.191 e. The van der Waals surface area contributed by atoms with E-state index in [0.717, 1.165) is 24.8 Å². The maximum Gasteiger partial charge on any atom is 0.191 e. The summed E-state index contributed by atoms with van der Waals surface area (Å²) < 4.78 is 5.26. The molecule has 2 N–H and O–H groups in total. The summed E-state index contributed by atoms with van der Waals surface area (Å²) in [5, 5.41) is 6.82. The van der Waals surface area contributed by atoms with Gasteiger partial charge in [-0.2, -0.15) is 0 Å². The predicted octanol–water partition coefficient (Wildman–Crippen LogP) is 2.62. The lowest BCUT2D eigenvalue weighted by Gasteiger charge is -2.38. The monoisotopic (exact) mass is 332 g/mol. The quantitative estimate of drug-likeness (QED) is 0.621. The minimum Gasteiger partial charge on any atom is -0.497 e. The van der Waals surface area contributed by atoms with Crippen molar-refractivity contribution in [3.63, 3.8) is 0 Å². The standard InChI is InChI=1S/C19H32N4O/c1-15-8-5-6-11-23(15)16(2)13-21-19(20-3)22-14-17-9-7-10-18(12-17)24-4/h7,9-10,12,15-16H,5-6,8,11,13-14H2,1-4H3,(H2,20,21,22). The number of hydrogen-bond donors (Lipinski definition) is 2. The Kier molecular flexibility index (Phi) is 7.37. The fourth-order valence-electron chi connectivity index (χ4n) is 3.33. The van der Waals surface area contributed by atoms with Gasteiger partial charge in [-0.15, -0.1) is 0 Å². The number of nitrogens with one attached hydrogen (secondary N) is 2. The van der Waals surface area contributed by atoms with E-state index < -0.39 is 0 Å². The molecule has 0 amide bonds. The Bertz CT molecular complexity index is 532. The molecule has 24 heavy (non-hydrogen) atoms. The van der Waals surface area contributed by atoms with E-state index in [1.807, 2.05) is 25.2 Å². The first kappa shape index (κ1) is 18.6. The second-order valence-electron chi connectivity index (χ2n) is 6.59. The maximum atomic E-state index is 5.26. The Morgan fingerprint density at radius 3 is 2.92 bits per heavy atom. The Morgan fingerprint density at radius 1 is 1.38 bits per heavy atom. The molecule has 5 heteroatoms. The first-order chi connectivity index (χ1) is 11.6. The van der Waals surface area contributed by atoms with Crippen molar-refractivity contribution >= 4 is 5.96 Å². The number of piperidine rings is 1. The zero-order valence-corrected chi connectivity index (χ0v) is 15.5. The van der Waals surface area contributed by atoms with Gasteiger partial charge in [-0.3, -0.25) is 9.89 Å². The number of benzene rings is 1. The predicted molar refractivity (Wildman–Crippen MR) is 101 cm³/mol. The molecular formula is C19H32N4O. The second kappa shape index (κ2) is 9.52. The molecular weight excluding hydrogens is 300 g/mol. The van der Waals surface area contributed by atoms with Crippen LogP contribution in [0.2, 0.25) is 0 Å². The average molecular weight is 332 g/mol. The number of hydrogen-bond acceptors (Lipinski definition) is 3. The van der Waals surface area contributed by atoms with E-state index in [4.69, 9.17) is 4.74 Å². The lowest BCUT2D eigenvalue weighted by Crippen LogP contribution is -2.50. The minimum absolute atomic E-state index is 0.510. The molecule has 0 aliphatic carbocycles. The van der Waals surface area contributed by atoms with Crippen molar-refractivity contribution < 1.29 is 4.74 Å². The molecule has 2 unspecified atom stereocenters. The number of rotatable bonds is 6. The van der Waals surface area contributed by atoms with Crippen LogP contribution >= 0.6 is 0 Å². The number of methoxy groups -OCH3 is 1. The summed E-state index contributed by atoms with van der Waals surface area (Å²) in [6.45, 7) is 7.48. The van der Waals surface area contributed by atoms with E-state index in [0.29, 0.717) is 12.1 Å². The van der Waals surface area contributed by atoms with E-state index in [9.17, 15) is 0 Å². The highest BCUT2D eigenvalue weighted by Crippen LogP contribution is 2.18. The van der Waals surface area contributed by atoms with Gasteiger partial charge in [0.15, 0.2) is 5.96 Å². The van der Waals surface area contributed by atoms with Gasteiger partial charge in [0.1, 0.15) is 5.75 Å². The van der Waals surface area contributed by atoms with Gasteiger partial charge in [0.05, 0.1) is 7.11 Å². The molecule has 0 saturated carbocycles. The van der Waals surface area contributed by atoms with Crippen molar-refractivity contribution in [2.45, 2.75) is 51.7 Å². The van der Waals surface area contributed by atoms with E-state index in [1.165, 1.54) is 31.4 Å². The van der Waals surface area contributed by atoms with Crippen LogP contribution in [-0.2, 0) is 6.54 Å². The number of ether oxygens (including phenoxy) is 1. The summed E-state index contributed by atoms with van der Waals surface area (Å²) in [7, 11) is 3.51. The fraction of sp³-hybridized carbons (Fsp3) is 0.632. The third-order valence-electron chi connectivity index (χ3n) is 4.80. The first-order valence-corrected chi connectivity index (χ1v) is 8.97. The average Bonchev–Trinajstić information content (AvgIpc) is 2.62. The van der Waals surface area contributed by atoms with Gasteiger partial charge in [0.25, 0.3) is 0 Å². The van der Waals surface area contributed by atoms with Crippen LogP contribution in [0.3, 0.4) is 0 Å². The highest BCUT2D eigenvalue weighted by molar-refractivity contribution is 5.79. The van der Waals surface area contributed by atoms with E-state index in [2.05, 4.69) is 40.4 Å². The summed E-state index contributed by atoms with van der Waals surface area (Å²) in [5.74, 6) is 1.72. The van der Waals surface area contributed by atoms with Crippen LogP contribution in [0.4, 0.5) is 0 Å². The molecule has 134 valence electrons. The number of aliphatic imine (C=N–C) groups is 1. The summed E-state index contributed by atoms with van der Waals surface area (Å²) in [5.41, 5.74) is 1.18. The molecule has 1 saturated heterocycles. The molecule has 0 aromatic heterocycles. The summed E-state index contributed by atoms with van der Waals surface area (Å²) >= 11 is 0. The summed E-state index contributed by atoms with van der Waals surface area (Å²) in [6, 6.07) is 9.28. The topological polar surface area (TPSA) is 48.9 Å². The normalized spacial score (nSPS) is 20.5. The maximum absolute atomic E-state index is 5.26.